The Morgan fingerprint density at radius 1 is 1.18 bits per heavy atom. The van der Waals surface area contributed by atoms with Crippen molar-refractivity contribution >= 4 is 0 Å². The van der Waals surface area contributed by atoms with Gasteiger partial charge in [0.15, 0.2) is 0 Å². The van der Waals surface area contributed by atoms with Gasteiger partial charge in [-0.2, -0.15) is 0 Å². The van der Waals surface area contributed by atoms with Crippen molar-refractivity contribution in [2.24, 2.45) is 0 Å². The number of benzene rings is 1. The summed E-state index contributed by atoms with van der Waals surface area (Å²) in [5.41, 5.74) is 6.07. The quantitative estimate of drug-likeness (QED) is 0.846. The van der Waals surface area contributed by atoms with E-state index in [1.54, 1.807) is 12.1 Å². The molecule has 2 nitrogen and oxygen atoms in total. The Balaban J connectivity index is 1.70. The molecule has 0 aromatic heterocycles. The second-order valence-corrected chi connectivity index (χ2v) is 5.11. The topological polar surface area (TPSA) is 15.3 Å². The highest BCUT2D eigenvalue weighted by Crippen LogP contribution is 2.31. The van der Waals surface area contributed by atoms with Crippen LogP contribution in [0.4, 0.5) is 4.39 Å². The Labute approximate surface area is 102 Å². The van der Waals surface area contributed by atoms with Crippen molar-refractivity contribution in [3.8, 4) is 0 Å². The zero-order valence-electron chi connectivity index (χ0n) is 10.1. The molecule has 0 saturated carbocycles. The monoisotopic (exact) mass is 234 g/mol. The molecule has 1 N–H and O–H groups in total. The van der Waals surface area contributed by atoms with Crippen molar-refractivity contribution in [1.82, 2.24) is 10.4 Å². The van der Waals surface area contributed by atoms with Gasteiger partial charge in [-0.05, 0) is 48.9 Å². The number of piperidine rings is 1. The van der Waals surface area contributed by atoms with E-state index >= 15 is 0 Å². The highest BCUT2D eigenvalue weighted by Gasteiger charge is 2.24. The van der Waals surface area contributed by atoms with Gasteiger partial charge in [0.1, 0.15) is 5.82 Å². The largest absolute Gasteiger partial charge is 0.248 e. The molecule has 2 aliphatic rings. The molecule has 1 aliphatic heterocycles. The van der Waals surface area contributed by atoms with Gasteiger partial charge in [0.2, 0.25) is 0 Å². The Hall–Kier alpha value is -0.930. The summed E-state index contributed by atoms with van der Waals surface area (Å²) in [6.45, 7) is 2.29. The standard InChI is InChI=1S/C14H19FN2/c15-12-5-6-13-11(10-12)4-7-14(13)16-17-8-2-1-3-9-17/h5-6,10,14,16H,1-4,7-9H2. The van der Waals surface area contributed by atoms with E-state index < -0.39 is 0 Å². The first-order chi connectivity index (χ1) is 8.33. The smallest absolute Gasteiger partial charge is 0.123 e. The van der Waals surface area contributed by atoms with Crippen LogP contribution in [0.5, 0.6) is 0 Å². The fourth-order valence-electron chi connectivity index (χ4n) is 2.96. The van der Waals surface area contributed by atoms with Crippen LogP contribution in [0.15, 0.2) is 18.2 Å². The number of nitrogens with one attached hydrogen (secondary N) is 1. The van der Waals surface area contributed by atoms with Crippen LogP contribution in [0.2, 0.25) is 0 Å². The Morgan fingerprint density at radius 3 is 2.82 bits per heavy atom. The maximum Gasteiger partial charge on any atom is 0.123 e. The van der Waals surface area contributed by atoms with Crippen LogP contribution in [0.25, 0.3) is 0 Å². The molecule has 17 heavy (non-hydrogen) atoms. The maximum atomic E-state index is 13.1. The summed E-state index contributed by atoms with van der Waals surface area (Å²) >= 11 is 0. The molecule has 1 saturated heterocycles. The lowest BCUT2D eigenvalue weighted by Crippen LogP contribution is -2.43. The molecule has 92 valence electrons. The number of halogens is 1. The van der Waals surface area contributed by atoms with E-state index in [-0.39, 0.29) is 5.82 Å². The van der Waals surface area contributed by atoms with E-state index in [0.29, 0.717) is 6.04 Å². The normalized spacial score (nSPS) is 24.9. The van der Waals surface area contributed by atoms with Gasteiger partial charge in [-0.1, -0.05) is 12.5 Å². The average Bonchev–Trinajstić information content (AvgIpc) is 2.73. The molecule has 0 spiro atoms. The van der Waals surface area contributed by atoms with Crippen molar-refractivity contribution < 1.29 is 4.39 Å². The van der Waals surface area contributed by atoms with Gasteiger partial charge in [-0.3, -0.25) is 0 Å². The van der Waals surface area contributed by atoms with E-state index in [4.69, 9.17) is 0 Å². The minimum atomic E-state index is -0.109. The molecule has 1 fully saturated rings. The van der Waals surface area contributed by atoms with E-state index in [1.807, 2.05) is 6.07 Å². The Morgan fingerprint density at radius 2 is 2.00 bits per heavy atom. The minimum absolute atomic E-state index is 0.109. The number of aryl methyl sites for hydroxylation is 1. The predicted octanol–water partition coefficient (Wildman–Crippen LogP) is 2.80. The lowest BCUT2D eigenvalue weighted by Gasteiger charge is -2.30. The fraction of sp³-hybridized carbons (Fsp3) is 0.571. The highest BCUT2D eigenvalue weighted by molar-refractivity contribution is 5.34. The minimum Gasteiger partial charge on any atom is -0.248 e. The van der Waals surface area contributed by atoms with Crippen LogP contribution in [0, 0.1) is 5.82 Å². The van der Waals surface area contributed by atoms with Gasteiger partial charge in [0, 0.05) is 19.1 Å². The molecule has 1 aromatic carbocycles. The molecule has 1 aromatic rings. The molecular weight excluding hydrogens is 215 g/mol. The van der Waals surface area contributed by atoms with Crippen LogP contribution in [0.3, 0.4) is 0 Å². The highest BCUT2D eigenvalue weighted by atomic mass is 19.1. The van der Waals surface area contributed by atoms with Crippen molar-refractivity contribution in [1.29, 1.82) is 0 Å². The van der Waals surface area contributed by atoms with Gasteiger partial charge >= 0.3 is 0 Å². The first-order valence-corrected chi connectivity index (χ1v) is 6.62. The molecule has 1 aliphatic carbocycles. The summed E-state index contributed by atoms with van der Waals surface area (Å²) in [5, 5.41) is 2.34. The second kappa shape index (κ2) is 4.75. The predicted molar refractivity (Wildman–Crippen MR) is 66.0 cm³/mol. The third kappa shape index (κ3) is 2.35. The van der Waals surface area contributed by atoms with Crippen LogP contribution in [0.1, 0.15) is 42.9 Å². The van der Waals surface area contributed by atoms with Crippen LogP contribution >= 0.6 is 0 Å². The summed E-state index contributed by atoms with van der Waals surface area (Å²) in [6.07, 6.45) is 6.02. The zero-order valence-corrected chi connectivity index (χ0v) is 10.1. The molecule has 1 heterocycles. The molecule has 0 radical (unpaired) electrons. The third-order valence-electron chi connectivity index (χ3n) is 3.88. The van der Waals surface area contributed by atoms with Gasteiger partial charge in [-0.15, -0.1) is 0 Å². The van der Waals surface area contributed by atoms with Crippen molar-refractivity contribution in [3.05, 3.63) is 35.1 Å². The number of hydrazine groups is 1. The number of hydrogen-bond donors (Lipinski definition) is 1. The lowest BCUT2D eigenvalue weighted by atomic mass is 10.1. The van der Waals surface area contributed by atoms with Crippen molar-refractivity contribution in [3.63, 3.8) is 0 Å². The summed E-state index contributed by atoms with van der Waals surface area (Å²) in [6, 6.07) is 5.60. The lowest BCUT2D eigenvalue weighted by molar-refractivity contribution is 0.128. The van der Waals surface area contributed by atoms with Gasteiger partial charge < -0.3 is 0 Å². The Kier molecular flexibility index (Phi) is 3.12. The average molecular weight is 234 g/mol. The summed E-state index contributed by atoms with van der Waals surface area (Å²) in [4.78, 5) is 0. The SMILES string of the molecule is Fc1ccc2c(c1)CCC2NN1CCCCC1. The molecule has 3 heteroatoms. The van der Waals surface area contributed by atoms with Gasteiger partial charge in [0.25, 0.3) is 0 Å². The summed E-state index contributed by atoms with van der Waals surface area (Å²) < 4.78 is 13.1. The summed E-state index contributed by atoms with van der Waals surface area (Å²) in [7, 11) is 0. The molecule has 3 rings (SSSR count). The molecule has 0 amide bonds. The first kappa shape index (κ1) is 11.2. The maximum absolute atomic E-state index is 13.1. The molecule has 1 atom stereocenters. The van der Waals surface area contributed by atoms with Gasteiger partial charge in [0.05, 0.1) is 0 Å². The molecular formula is C14H19FN2. The second-order valence-electron chi connectivity index (χ2n) is 5.11. The van der Waals surface area contributed by atoms with Crippen LogP contribution in [-0.2, 0) is 6.42 Å². The zero-order chi connectivity index (χ0) is 11.7. The number of rotatable bonds is 2. The van der Waals surface area contributed by atoms with E-state index in [0.717, 1.165) is 25.9 Å². The summed E-state index contributed by atoms with van der Waals surface area (Å²) in [5.74, 6) is -0.109. The van der Waals surface area contributed by atoms with E-state index in [1.165, 1.54) is 30.4 Å². The number of fused-ring (bicyclic) bond motifs is 1. The van der Waals surface area contributed by atoms with Crippen LogP contribution < -0.4 is 5.43 Å². The fourth-order valence-corrected chi connectivity index (χ4v) is 2.96. The number of hydrogen-bond acceptors (Lipinski definition) is 2. The van der Waals surface area contributed by atoms with Crippen molar-refractivity contribution in [2.45, 2.75) is 38.1 Å². The molecule has 0 bridgehead atoms. The molecule has 1 unspecified atom stereocenters. The van der Waals surface area contributed by atoms with E-state index in [9.17, 15) is 4.39 Å². The first-order valence-electron chi connectivity index (χ1n) is 6.62. The van der Waals surface area contributed by atoms with Crippen molar-refractivity contribution in [2.75, 3.05) is 13.1 Å². The van der Waals surface area contributed by atoms with Gasteiger partial charge in [-0.25, -0.2) is 14.8 Å². The Bertz CT molecular complexity index is 399. The van der Waals surface area contributed by atoms with Crippen LogP contribution in [-0.4, -0.2) is 18.1 Å². The third-order valence-corrected chi connectivity index (χ3v) is 3.88. The number of nitrogens with zero attached hydrogens (tertiary/aromatic N) is 1. The van der Waals surface area contributed by atoms with E-state index in [2.05, 4.69) is 10.4 Å².